The Balaban J connectivity index is 1.19. The van der Waals surface area contributed by atoms with Gasteiger partial charge in [0.15, 0.2) is 18.1 Å². The Hall–Kier alpha value is -5.51. The first-order valence-corrected chi connectivity index (χ1v) is 20.4. The van der Waals surface area contributed by atoms with Crippen molar-refractivity contribution in [3.05, 3.63) is 60.2 Å². The number of nitrogens with zero attached hydrogens (tertiary/aromatic N) is 5. The van der Waals surface area contributed by atoms with Gasteiger partial charge in [0.2, 0.25) is 11.7 Å². The van der Waals surface area contributed by atoms with Crippen LogP contribution in [0.15, 0.2) is 49.1 Å². The van der Waals surface area contributed by atoms with E-state index in [2.05, 4.69) is 32.6 Å². The molecule has 2 aromatic carbocycles. The molecule has 16 nitrogen and oxygen atoms in total. The molecule has 2 heterocycles. The maximum atomic E-state index is 13.5. The van der Waals surface area contributed by atoms with Gasteiger partial charge in [-0.1, -0.05) is 49.6 Å². The van der Waals surface area contributed by atoms with Gasteiger partial charge in [0.1, 0.15) is 16.9 Å². The lowest BCUT2D eigenvalue weighted by atomic mass is 9.84. The van der Waals surface area contributed by atoms with E-state index in [0.29, 0.717) is 43.1 Å². The molecule has 1 atom stereocenters. The highest BCUT2D eigenvalue weighted by Crippen LogP contribution is 2.40. The molecule has 2 N–H and O–H groups in total. The van der Waals surface area contributed by atoms with Gasteiger partial charge >= 0.3 is 12.2 Å². The number of hydrogen-bond acceptors (Lipinski definition) is 12. The van der Waals surface area contributed by atoms with Gasteiger partial charge in [-0.3, -0.25) is 9.59 Å². The molecule has 16 heteroatoms. The Morgan fingerprint density at radius 3 is 2.53 bits per heavy atom. The third-order valence-electron chi connectivity index (χ3n) is 9.62. The lowest BCUT2D eigenvalue weighted by molar-refractivity contribution is -0.125. The predicted molar refractivity (Wildman–Crippen MR) is 220 cm³/mol. The first kappa shape index (κ1) is 44.6. The molecular weight excluding hydrogens is 759 g/mol. The highest BCUT2D eigenvalue weighted by atomic mass is 16.7. The molecule has 1 aliphatic carbocycles. The molecule has 0 saturated heterocycles. The Labute approximate surface area is 346 Å². The number of allylic oxidation sites excluding steroid dienone is 1. The Kier molecular flexibility index (Phi) is 15.5. The molecule has 5 rings (SSSR count). The fourth-order valence-corrected chi connectivity index (χ4v) is 6.92. The van der Waals surface area contributed by atoms with Crippen molar-refractivity contribution in [3.8, 4) is 22.9 Å². The first-order chi connectivity index (χ1) is 28.1. The number of ether oxygens (including phenoxy) is 5. The van der Waals surface area contributed by atoms with Gasteiger partial charge in [-0.2, -0.15) is 4.80 Å². The SMILES string of the molecule is C=CCn1nnc(-c2cccc(CCOC(CC(=O)NCCN(CCc3ccc(OC(=O)OC(C)(C)C)c4c3OCC(=O)N4)C(=O)OC(C)(C)C)C3CCCCC3)c2)n1. The quantitative estimate of drug-likeness (QED) is 0.0840. The van der Waals surface area contributed by atoms with Crippen molar-refractivity contribution in [1.29, 1.82) is 0 Å². The molecule has 0 bridgehead atoms. The van der Waals surface area contributed by atoms with E-state index in [4.69, 9.17) is 23.7 Å². The molecule has 1 aromatic heterocycles. The monoisotopic (exact) mass is 817 g/mol. The van der Waals surface area contributed by atoms with Crippen LogP contribution in [0.1, 0.15) is 91.2 Å². The highest BCUT2D eigenvalue weighted by molar-refractivity contribution is 5.98. The van der Waals surface area contributed by atoms with Gasteiger partial charge in [-0.15, -0.1) is 16.8 Å². The van der Waals surface area contributed by atoms with Crippen LogP contribution in [0.3, 0.4) is 0 Å². The van der Waals surface area contributed by atoms with Gasteiger partial charge in [-0.05, 0) is 102 Å². The van der Waals surface area contributed by atoms with E-state index in [0.717, 1.165) is 36.8 Å². The molecular formula is C43H59N7O9. The summed E-state index contributed by atoms with van der Waals surface area (Å²) in [5.74, 6) is 0.661. The van der Waals surface area contributed by atoms with E-state index in [-0.39, 0.29) is 62.0 Å². The number of benzene rings is 2. The van der Waals surface area contributed by atoms with Gasteiger partial charge < -0.3 is 39.2 Å². The third kappa shape index (κ3) is 14.1. The van der Waals surface area contributed by atoms with Crippen LogP contribution in [0, 0.1) is 5.92 Å². The maximum absolute atomic E-state index is 13.5. The summed E-state index contributed by atoms with van der Waals surface area (Å²) in [6.07, 6.45) is 6.61. The Morgan fingerprint density at radius 1 is 1.03 bits per heavy atom. The lowest BCUT2D eigenvalue weighted by Crippen LogP contribution is -2.43. The minimum Gasteiger partial charge on any atom is -0.481 e. The van der Waals surface area contributed by atoms with Crippen LogP contribution in [0.5, 0.6) is 11.5 Å². The molecule has 59 heavy (non-hydrogen) atoms. The molecule has 3 aromatic rings. The number of amides is 3. The average molecular weight is 818 g/mol. The zero-order valence-electron chi connectivity index (χ0n) is 35.2. The average Bonchev–Trinajstić information content (AvgIpc) is 3.64. The minimum absolute atomic E-state index is 0.0708. The van der Waals surface area contributed by atoms with Crippen molar-refractivity contribution in [3.63, 3.8) is 0 Å². The van der Waals surface area contributed by atoms with Crippen LogP contribution in [0.2, 0.25) is 0 Å². The number of rotatable bonds is 17. The van der Waals surface area contributed by atoms with Gasteiger partial charge in [0, 0.05) is 25.2 Å². The Bertz CT molecular complexity index is 1930. The van der Waals surface area contributed by atoms with Crippen molar-refractivity contribution >= 4 is 29.8 Å². The van der Waals surface area contributed by atoms with Crippen molar-refractivity contribution in [2.24, 2.45) is 5.92 Å². The second-order valence-corrected chi connectivity index (χ2v) is 16.8. The molecule has 1 saturated carbocycles. The molecule has 3 amide bonds. The summed E-state index contributed by atoms with van der Waals surface area (Å²) in [5.41, 5.74) is 1.27. The van der Waals surface area contributed by atoms with Crippen molar-refractivity contribution in [1.82, 2.24) is 30.4 Å². The van der Waals surface area contributed by atoms with Crippen LogP contribution in [0.4, 0.5) is 15.3 Å². The molecule has 0 spiro atoms. The molecule has 320 valence electrons. The van der Waals surface area contributed by atoms with Gasteiger partial charge in [0.05, 0.1) is 25.7 Å². The second-order valence-electron chi connectivity index (χ2n) is 16.8. The summed E-state index contributed by atoms with van der Waals surface area (Å²) in [5, 5.41) is 18.4. The first-order valence-electron chi connectivity index (χ1n) is 20.4. The lowest BCUT2D eigenvalue weighted by Gasteiger charge is -2.30. The standard InChI is InChI=1S/C43H59N7O9/c1-8-22-50-47-39(46-48-50)32-16-12-13-29(26-32)20-25-55-34(30-14-10-9-11-15-30)27-35(51)44-21-24-49(40(53)58-42(2,3)4)23-19-31-17-18-33(57-41(54)59-43(5,6)7)37-38(31)56-28-36(52)45-37/h8,12-13,16-18,26,30,34H,1,9-11,14-15,19-25,27-28H2,2-7H3,(H,44,51)(H,45,52). The highest BCUT2D eigenvalue weighted by Gasteiger charge is 2.29. The fraction of sp³-hybridized carbons (Fsp3) is 0.558. The summed E-state index contributed by atoms with van der Waals surface area (Å²) < 4.78 is 28.7. The van der Waals surface area contributed by atoms with E-state index >= 15 is 0 Å². The van der Waals surface area contributed by atoms with Crippen LogP contribution in [0.25, 0.3) is 11.4 Å². The second kappa shape index (κ2) is 20.5. The smallest absolute Gasteiger partial charge is 0.481 e. The van der Waals surface area contributed by atoms with Crippen molar-refractivity contribution in [2.75, 3.05) is 38.2 Å². The summed E-state index contributed by atoms with van der Waals surface area (Å²) in [6, 6.07) is 11.2. The number of carbonyl (C=O) groups excluding carboxylic acids is 4. The molecule has 1 fully saturated rings. The molecule has 0 radical (unpaired) electrons. The summed E-state index contributed by atoms with van der Waals surface area (Å²) in [4.78, 5) is 54.6. The Morgan fingerprint density at radius 2 is 1.80 bits per heavy atom. The van der Waals surface area contributed by atoms with Crippen LogP contribution in [-0.2, 0) is 43.2 Å². The number of tetrazole rings is 1. The van der Waals surface area contributed by atoms with Gasteiger partial charge in [0.25, 0.3) is 5.91 Å². The fourth-order valence-electron chi connectivity index (χ4n) is 6.92. The summed E-state index contributed by atoms with van der Waals surface area (Å²) in [6.45, 7) is 15.5. The van der Waals surface area contributed by atoms with E-state index in [1.54, 1.807) is 59.8 Å². The number of anilines is 1. The predicted octanol–water partition coefficient (Wildman–Crippen LogP) is 6.67. The van der Waals surface area contributed by atoms with Crippen molar-refractivity contribution < 1.29 is 42.9 Å². The number of aromatic nitrogens is 4. The zero-order chi connectivity index (χ0) is 42.6. The summed E-state index contributed by atoms with van der Waals surface area (Å²) >= 11 is 0. The molecule has 2 aliphatic rings. The van der Waals surface area contributed by atoms with E-state index < -0.39 is 29.4 Å². The zero-order valence-corrected chi connectivity index (χ0v) is 35.2. The summed E-state index contributed by atoms with van der Waals surface area (Å²) in [7, 11) is 0. The maximum Gasteiger partial charge on any atom is 0.514 e. The molecule has 1 unspecified atom stereocenters. The van der Waals surface area contributed by atoms with Crippen LogP contribution >= 0.6 is 0 Å². The number of hydrogen-bond donors (Lipinski definition) is 2. The van der Waals surface area contributed by atoms with E-state index in [1.165, 1.54) is 16.1 Å². The van der Waals surface area contributed by atoms with E-state index in [1.807, 2.05) is 24.3 Å². The van der Waals surface area contributed by atoms with Crippen molar-refractivity contribution in [2.45, 2.75) is 117 Å². The largest absolute Gasteiger partial charge is 0.514 e. The van der Waals surface area contributed by atoms with Crippen LogP contribution in [-0.4, -0.2) is 99.3 Å². The minimum atomic E-state index is -0.927. The van der Waals surface area contributed by atoms with Gasteiger partial charge in [-0.25, -0.2) is 9.59 Å². The number of fused-ring (bicyclic) bond motifs is 1. The van der Waals surface area contributed by atoms with E-state index in [9.17, 15) is 19.2 Å². The number of nitrogens with one attached hydrogen (secondary N) is 2. The topological polar surface area (TPSA) is 185 Å². The normalized spacial score (nSPS) is 14.9. The molecule has 1 aliphatic heterocycles. The third-order valence-corrected chi connectivity index (χ3v) is 9.62. The van der Waals surface area contributed by atoms with Crippen LogP contribution < -0.4 is 20.1 Å². The number of carbonyl (C=O) groups is 4.